The van der Waals surface area contributed by atoms with E-state index in [0.29, 0.717) is 11.8 Å². The summed E-state index contributed by atoms with van der Waals surface area (Å²) >= 11 is 7.85. The van der Waals surface area contributed by atoms with Crippen molar-refractivity contribution in [3.8, 4) is 0 Å². The van der Waals surface area contributed by atoms with Gasteiger partial charge in [-0.05, 0) is 47.5 Å². The van der Waals surface area contributed by atoms with Crippen LogP contribution in [-0.2, 0) is 0 Å². The van der Waals surface area contributed by atoms with Crippen molar-refractivity contribution in [3.05, 3.63) is 20.6 Å². The third-order valence-electron chi connectivity index (χ3n) is 3.85. The standard InChI is InChI=1S/C12H14ClFIN3/c1-17-3-7-5-18(6-8(7)4-17)10-2-9(15)11(13)12(14)16-10/h2,7-8H,3-6H2,1H3. The molecule has 2 aliphatic heterocycles. The normalized spacial score (nSPS) is 27.9. The zero-order valence-electron chi connectivity index (χ0n) is 10.0. The van der Waals surface area contributed by atoms with Crippen LogP contribution >= 0.6 is 34.2 Å². The molecule has 2 atom stereocenters. The molecule has 0 spiro atoms. The minimum atomic E-state index is -0.562. The summed E-state index contributed by atoms with van der Waals surface area (Å²) < 4.78 is 14.3. The maximum Gasteiger partial charge on any atom is 0.234 e. The Balaban J connectivity index is 1.81. The van der Waals surface area contributed by atoms with Gasteiger partial charge in [-0.1, -0.05) is 11.6 Å². The molecule has 3 nitrogen and oxygen atoms in total. The molecule has 0 radical (unpaired) electrons. The van der Waals surface area contributed by atoms with Crippen LogP contribution in [0.5, 0.6) is 0 Å². The first-order valence-electron chi connectivity index (χ1n) is 5.99. The molecule has 0 N–H and O–H groups in total. The van der Waals surface area contributed by atoms with Gasteiger partial charge in [0.1, 0.15) is 10.8 Å². The fourth-order valence-corrected chi connectivity index (χ4v) is 3.63. The van der Waals surface area contributed by atoms with Gasteiger partial charge in [0, 0.05) is 29.7 Å². The van der Waals surface area contributed by atoms with E-state index in [9.17, 15) is 4.39 Å². The highest BCUT2D eigenvalue weighted by Crippen LogP contribution is 2.34. The van der Waals surface area contributed by atoms with Gasteiger partial charge in [-0.15, -0.1) is 0 Å². The molecule has 6 heteroatoms. The minimum Gasteiger partial charge on any atom is -0.356 e. The lowest BCUT2D eigenvalue weighted by atomic mass is 10.0. The van der Waals surface area contributed by atoms with E-state index in [2.05, 4.69) is 44.4 Å². The highest BCUT2D eigenvalue weighted by Gasteiger charge is 2.39. The Morgan fingerprint density at radius 2 is 1.94 bits per heavy atom. The number of aromatic nitrogens is 1. The number of pyridine rings is 1. The van der Waals surface area contributed by atoms with Crippen LogP contribution in [0.4, 0.5) is 10.2 Å². The van der Waals surface area contributed by atoms with E-state index in [1.807, 2.05) is 6.07 Å². The lowest BCUT2D eigenvalue weighted by Crippen LogP contribution is -2.27. The number of rotatable bonds is 1. The number of likely N-dealkylation sites (tertiary alicyclic amines) is 1. The highest BCUT2D eigenvalue weighted by atomic mass is 127. The monoisotopic (exact) mass is 381 g/mol. The van der Waals surface area contributed by atoms with E-state index in [1.54, 1.807) is 0 Å². The van der Waals surface area contributed by atoms with Crippen LogP contribution in [0.2, 0.25) is 5.02 Å². The molecule has 0 saturated carbocycles. The molecule has 2 unspecified atom stereocenters. The third kappa shape index (κ3) is 2.20. The maximum atomic E-state index is 13.6. The Morgan fingerprint density at radius 1 is 1.33 bits per heavy atom. The molecule has 0 aliphatic carbocycles. The van der Waals surface area contributed by atoms with E-state index in [-0.39, 0.29) is 5.02 Å². The van der Waals surface area contributed by atoms with Gasteiger partial charge in [-0.25, -0.2) is 4.98 Å². The Morgan fingerprint density at radius 3 is 2.50 bits per heavy atom. The number of anilines is 1. The molecular formula is C12H14ClFIN3. The predicted octanol–water partition coefficient (Wildman–Crippen LogP) is 2.48. The van der Waals surface area contributed by atoms with Crippen molar-refractivity contribution >= 4 is 40.0 Å². The quantitative estimate of drug-likeness (QED) is 0.550. The van der Waals surface area contributed by atoms with E-state index in [1.165, 1.54) is 0 Å². The maximum absolute atomic E-state index is 13.6. The Kier molecular flexibility index (Phi) is 3.40. The number of hydrogen-bond donors (Lipinski definition) is 0. The first-order chi connectivity index (χ1) is 8.54. The number of nitrogens with zero attached hydrogens (tertiary/aromatic N) is 3. The predicted molar refractivity (Wildman–Crippen MR) is 78.6 cm³/mol. The van der Waals surface area contributed by atoms with E-state index < -0.39 is 5.95 Å². The van der Waals surface area contributed by atoms with Crippen LogP contribution in [0.1, 0.15) is 0 Å². The first-order valence-corrected chi connectivity index (χ1v) is 7.45. The van der Waals surface area contributed by atoms with Gasteiger partial charge in [0.2, 0.25) is 5.95 Å². The van der Waals surface area contributed by atoms with Crippen molar-refractivity contribution in [3.63, 3.8) is 0 Å². The minimum absolute atomic E-state index is 0.124. The Bertz CT molecular complexity index is 447. The molecule has 3 rings (SSSR count). The number of fused-ring (bicyclic) bond motifs is 1. The molecule has 2 aliphatic rings. The van der Waals surface area contributed by atoms with Crippen LogP contribution in [0.25, 0.3) is 0 Å². The molecule has 0 amide bonds. The average molecular weight is 382 g/mol. The SMILES string of the molecule is CN1CC2CN(c3cc(I)c(Cl)c(F)n3)CC2C1. The van der Waals surface area contributed by atoms with Crippen LogP contribution in [0.3, 0.4) is 0 Å². The molecule has 0 bridgehead atoms. The summed E-state index contributed by atoms with van der Waals surface area (Å²) in [4.78, 5) is 8.52. The smallest absolute Gasteiger partial charge is 0.234 e. The molecule has 2 fully saturated rings. The number of hydrogen-bond acceptors (Lipinski definition) is 3. The van der Waals surface area contributed by atoms with Crippen molar-refractivity contribution in [1.29, 1.82) is 0 Å². The van der Waals surface area contributed by atoms with E-state index >= 15 is 0 Å². The van der Waals surface area contributed by atoms with Crippen molar-refractivity contribution in [1.82, 2.24) is 9.88 Å². The van der Waals surface area contributed by atoms with E-state index in [0.717, 1.165) is 35.6 Å². The summed E-state index contributed by atoms with van der Waals surface area (Å²) in [7, 11) is 2.16. The van der Waals surface area contributed by atoms with Gasteiger partial charge >= 0.3 is 0 Å². The zero-order chi connectivity index (χ0) is 12.9. The lowest BCUT2D eigenvalue weighted by molar-refractivity contribution is 0.386. The van der Waals surface area contributed by atoms with Gasteiger partial charge in [0.05, 0.1) is 0 Å². The summed E-state index contributed by atoms with van der Waals surface area (Å²) in [6.45, 7) is 4.21. The Labute approximate surface area is 124 Å². The fraction of sp³-hybridized carbons (Fsp3) is 0.583. The Hall–Kier alpha value is -0.140. The average Bonchev–Trinajstić information content (AvgIpc) is 2.82. The largest absolute Gasteiger partial charge is 0.356 e. The third-order valence-corrected chi connectivity index (χ3v) is 5.38. The van der Waals surface area contributed by atoms with Gasteiger partial charge in [-0.2, -0.15) is 4.39 Å². The molecule has 1 aromatic rings. The highest BCUT2D eigenvalue weighted by molar-refractivity contribution is 14.1. The van der Waals surface area contributed by atoms with Gasteiger partial charge < -0.3 is 9.80 Å². The second kappa shape index (κ2) is 4.76. The summed E-state index contributed by atoms with van der Waals surface area (Å²) in [6, 6.07) is 1.87. The van der Waals surface area contributed by atoms with Gasteiger partial charge in [-0.3, -0.25) is 0 Å². The fourth-order valence-electron chi connectivity index (χ4n) is 3.03. The van der Waals surface area contributed by atoms with Crippen LogP contribution in [0, 0.1) is 21.4 Å². The second-order valence-electron chi connectivity index (χ2n) is 5.21. The summed E-state index contributed by atoms with van der Waals surface area (Å²) in [6.07, 6.45) is 0. The van der Waals surface area contributed by atoms with Crippen LogP contribution in [0.15, 0.2) is 6.07 Å². The van der Waals surface area contributed by atoms with Crippen LogP contribution in [-0.4, -0.2) is 43.1 Å². The first kappa shape index (κ1) is 12.9. The molecule has 3 heterocycles. The number of halogens is 3. The van der Waals surface area contributed by atoms with Crippen molar-refractivity contribution in [2.75, 3.05) is 38.1 Å². The molecule has 98 valence electrons. The lowest BCUT2D eigenvalue weighted by Gasteiger charge is -2.20. The molecule has 0 aromatic carbocycles. The summed E-state index contributed by atoms with van der Waals surface area (Å²) in [5.74, 6) is 1.53. The van der Waals surface area contributed by atoms with Crippen molar-refractivity contribution < 1.29 is 4.39 Å². The second-order valence-corrected chi connectivity index (χ2v) is 6.75. The molecular weight excluding hydrogens is 368 g/mol. The molecule has 1 aromatic heterocycles. The summed E-state index contributed by atoms with van der Waals surface area (Å²) in [5.41, 5.74) is 0. The van der Waals surface area contributed by atoms with E-state index in [4.69, 9.17) is 11.6 Å². The molecule has 2 saturated heterocycles. The van der Waals surface area contributed by atoms with Gasteiger partial charge in [0.15, 0.2) is 0 Å². The van der Waals surface area contributed by atoms with Crippen LogP contribution < -0.4 is 4.90 Å². The zero-order valence-corrected chi connectivity index (χ0v) is 12.9. The summed E-state index contributed by atoms with van der Waals surface area (Å²) in [5, 5.41) is 0.124. The molecule has 18 heavy (non-hydrogen) atoms. The van der Waals surface area contributed by atoms with Crippen molar-refractivity contribution in [2.24, 2.45) is 11.8 Å². The van der Waals surface area contributed by atoms with Gasteiger partial charge in [0.25, 0.3) is 0 Å². The van der Waals surface area contributed by atoms with Crippen molar-refractivity contribution in [2.45, 2.75) is 0 Å². The topological polar surface area (TPSA) is 19.4 Å².